The molecule has 0 aliphatic carbocycles. The molecule has 2 N–H and O–H groups in total. The fourth-order valence-electron chi connectivity index (χ4n) is 3.83. The molecular weight excluding hydrogens is 528 g/mol. The number of pyridine rings is 1. The second-order valence-corrected chi connectivity index (χ2v) is 9.84. The molecule has 0 unspecified atom stereocenters. The zero-order valence-electron chi connectivity index (χ0n) is 18.8. The smallest absolute Gasteiger partial charge is 0.234 e. The van der Waals surface area contributed by atoms with Gasteiger partial charge in [-0.3, -0.25) is 9.78 Å². The minimum atomic E-state index is -0.144. The first-order valence-corrected chi connectivity index (χ1v) is 12.7. The molecule has 0 saturated carbocycles. The second kappa shape index (κ2) is 10.2. The Balaban J connectivity index is 1.48. The number of amides is 1. The van der Waals surface area contributed by atoms with Crippen LogP contribution < -0.4 is 10.1 Å². The number of nitrogens with one attached hydrogen (secondary N) is 1. The first-order chi connectivity index (χ1) is 17.0. The number of benzene rings is 2. The molecule has 0 radical (unpaired) electrons. The molecule has 1 amide bonds. The van der Waals surface area contributed by atoms with Crippen molar-refractivity contribution >= 4 is 39.3 Å². The lowest BCUT2D eigenvalue weighted by molar-refractivity contribution is -0.113. The van der Waals surface area contributed by atoms with E-state index in [2.05, 4.69) is 26.2 Å². The van der Waals surface area contributed by atoms with Gasteiger partial charge in [0.1, 0.15) is 5.03 Å². The number of carbonyl (C=O) groups excluding carboxylic acids is 1. The van der Waals surface area contributed by atoms with Gasteiger partial charge in [0, 0.05) is 39.5 Å². The molecule has 2 aromatic heterocycles. The largest absolute Gasteiger partial charge is 0.436 e. The van der Waals surface area contributed by atoms with Gasteiger partial charge in [0.2, 0.25) is 11.8 Å². The van der Waals surface area contributed by atoms with Crippen molar-refractivity contribution in [3.05, 3.63) is 87.7 Å². The fourth-order valence-corrected chi connectivity index (χ4v) is 5.05. The number of rotatable bonds is 6. The number of anilines is 1. The Morgan fingerprint density at radius 2 is 1.97 bits per heavy atom. The van der Waals surface area contributed by atoms with E-state index in [1.807, 2.05) is 61.5 Å². The molecule has 7 nitrogen and oxygen atoms in total. The minimum Gasteiger partial charge on any atom is -0.436 e. The summed E-state index contributed by atoms with van der Waals surface area (Å²) in [6, 6.07) is 17.1. The lowest BCUT2D eigenvalue weighted by Crippen LogP contribution is -2.16. The van der Waals surface area contributed by atoms with Gasteiger partial charge in [-0.1, -0.05) is 64.1 Å². The third-order valence-electron chi connectivity index (χ3n) is 5.54. The van der Waals surface area contributed by atoms with Crippen LogP contribution in [0.3, 0.4) is 0 Å². The summed E-state index contributed by atoms with van der Waals surface area (Å²) in [7, 11) is 0. The molecule has 176 valence electrons. The van der Waals surface area contributed by atoms with Crippen LogP contribution in [0.5, 0.6) is 11.6 Å². The number of hydrogen-bond acceptors (Lipinski definition) is 7. The monoisotopic (exact) mass is 548 g/mol. The predicted molar refractivity (Wildman–Crippen MR) is 139 cm³/mol. The highest BCUT2D eigenvalue weighted by molar-refractivity contribution is 9.10. The molecule has 1 aliphatic heterocycles. The van der Waals surface area contributed by atoms with Crippen LogP contribution in [-0.4, -0.2) is 31.7 Å². The standard InChI is InChI=1S/C26H21BrN4O3S/c1-15-23-20(17(13-32)12-28-15)11-21-25(34-23)30-24(16-6-3-2-4-7-16)31-26(21)35-14-22(33)29-19-9-5-8-18(27)10-19/h2-10,12,32H,11,13-14H2,1H3,(H,29,33). The van der Waals surface area contributed by atoms with Gasteiger partial charge in [-0.25, -0.2) is 4.98 Å². The lowest BCUT2D eigenvalue weighted by Gasteiger charge is -2.24. The van der Waals surface area contributed by atoms with Crippen molar-refractivity contribution in [1.29, 1.82) is 0 Å². The van der Waals surface area contributed by atoms with Gasteiger partial charge in [0.05, 0.1) is 23.6 Å². The molecule has 2 aromatic carbocycles. The fraction of sp³-hybridized carbons (Fsp3) is 0.154. The Hall–Kier alpha value is -3.27. The average Bonchev–Trinajstić information content (AvgIpc) is 2.87. The van der Waals surface area contributed by atoms with Gasteiger partial charge < -0.3 is 15.2 Å². The van der Waals surface area contributed by atoms with Gasteiger partial charge in [0.15, 0.2) is 11.6 Å². The number of fused-ring (bicyclic) bond motifs is 2. The first-order valence-electron chi connectivity index (χ1n) is 10.9. The molecule has 1 aliphatic rings. The van der Waals surface area contributed by atoms with Crippen LogP contribution in [0.1, 0.15) is 22.4 Å². The van der Waals surface area contributed by atoms with Crippen molar-refractivity contribution in [3.8, 4) is 23.0 Å². The molecule has 0 spiro atoms. The molecule has 3 heterocycles. The van der Waals surface area contributed by atoms with E-state index in [0.717, 1.165) is 26.9 Å². The van der Waals surface area contributed by atoms with E-state index in [1.54, 1.807) is 6.20 Å². The molecule has 35 heavy (non-hydrogen) atoms. The SMILES string of the molecule is Cc1ncc(CO)c2c1Oc1nc(-c3ccccc3)nc(SCC(=O)Nc3cccc(Br)c3)c1C2. The van der Waals surface area contributed by atoms with Crippen LogP contribution in [0.25, 0.3) is 11.4 Å². The highest BCUT2D eigenvalue weighted by atomic mass is 79.9. The molecule has 5 rings (SSSR count). The quantitative estimate of drug-likeness (QED) is 0.212. The van der Waals surface area contributed by atoms with Gasteiger partial charge in [0.25, 0.3) is 0 Å². The Morgan fingerprint density at radius 3 is 2.74 bits per heavy atom. The van der Waals surface area contributed by atoms with Crippen molar-refractivity contribution in [1.82, 2.24) is 15.0 Å². The number of ether oxygens (including phenoxy) is 1. The van der Waals surface area contributed by atoms with Gasteiger partial charge >= 0.3 is 0 Å². The summed E-state index contributed by atoms with van der Waals surface area (Å²) in [6.07, 6.45) is 2.15. The summed E-state index contributed by atoms with van der Waals surface area (Å²) in [6.45, 7) is 1.72. The number of aryl methyl sites for hydroxylation is 1. The second-order valence-electron chi connectivity index (χ2n) is 7.96. The predicted octanol–water partition coefficient (Wildman–Crippen LogP) is 5.53. The number of nitrogens with zero attached hydrogens (tertiary/aromatic N) is 3. The molecule has 9 heteroatoms. The molecule has 0 atom stereocenters. The third kappa shape index (κ3) is 5.07. The van der Waals surface area contributed by atoms with Crippen LogP contribution in [0, 0.1) is 6.92 Å². The Labute approximate surface area is 215 Å². The number of hydrogen-bond donors (Lipinski definition) is 2. The minimum absolute atomic E-state index is 0.144. The molecule has 0 fully saturated rings. The summed E-state index contributed by atoms with van der Waals surface area (Å²) in [5.74, 6) is 1.60. The highest BCUT2D eigenvalue weighted by Gasteiger charge is 2.28. The maximum atomic E-state index is 12.7. The third-order valence-corrected chi connectivity index (χ3v) is 7.05. The van der Waals surface area contributed by atoms with Crippen LogP contribution in [-0.2, 0) is 17.8 Å². The van der Waals surface area contributed by atoms with Crippen molar-refractivity contribution in [2.24, 2.45) is 0 Å². The van der Waals surface area contributed by atoms with Crippen LogP contribution >= 0.6 is 27.7 Å². The molecule has 0 bridgehead atoms. The number of carbonyl (C=O) groups is 1. The number of aliphatic hydroxyl groups excluding tert-OH is 1. The van der Waals surface area contributed by atoms with Crippen molar-refractivity contribution in [2.45, 2.75) is 25.0 Å². The van der Waals surface area contributed by atoms with Crippen molar-refractivity contribution in [2.75, 3.05) is 11.1 Å². The van der Waals surface area contributed by atoms with E-state index in [-0.39, 0.29) is 18.3 Å². The van der Waals surface area contributed by atoms with Crippen molar-refractivity contribution in [3.63, 3.8) is 0 Å². The average molecular weight is 549 g/mol. The molecule has 0 saturated heterocycles. The van der Waals surface area contributed by atoms with E-state index < -0.39 is 0 Å². The topological polar surface area (TPSA) is 97.2 Å². The number of thioether (sulfide) groups is 1. The van der Waals surface area contributed by atoms with Gasteiger partial charge in [-0.05, 0) is 25.1 Å². The van der Waals surface area contributed by atoms with Gasteiger partial charge in [-0.2, -0.15) is 4.98 Å². The number of halogens is 1. The Morgan fingerprint density at radius 1 is 1.14 bits per heavy atom. The number of aromatic nitrogens is 3. The number of aliphatic hydroxyl groups is 1. The lowest BCUT2D eigenvalue weighted by atomic mass is 9.99. The van der Waals surface area contributed by atoms with E-state index >= 15 is 0 Å². The van der Waals surface area contributed by atoms with E-state index in [1.165, 1.54) is 11.8 Å². The highest BCUT2D eigenvalue weighted by Crippen LogP contribution is 2.42. The van der Waals surface area contributed by atoms with E-state index in [9.17, 15) is 9.90 Å². The van der Waals surface area contributed by atoms with Crippen LogP contribution in [0.2, 0.25) is 0 Å². The zero-order chi connectivity index (χ0) is 24.4. The first kappa shape index (κ1) is 23.5. The Kier molecular flexibility index (Phi) is 6.81. The van der Waals surface area contributed by atoms with Crippen molar-refractivity contribution < 1.29 is 14.6 Å². The van der Waals surface area contributed by atoms with Crippen LogP contribution in [0.4, 0.5) is 5.69 Å². The summed E-state index contributed by atoms with van der Waals surface area (Å²) in [4.78, 5) is 26.6. The maximum Gasteiger partial charge on any atom is 0.234 e. The summed E-state index contributed by atoms with van der Waals surface area (Å²) in [5, 5.41) is 13.4. The summed E-state index contributed by atoms with van der Waals surface area (Å²) < 4.78 is 7.11. The van der Waals surface area contributed by atoms with E-state index in [4.69, 9.17) is 14.7 Å². The van der Waals surface area contributed by atoms with Crippen LogP contribution in [0.15, 0.2) is 70.3 Å². The summed E-state index contributed by atoms with van der Waals surface area (Å²) in [5.41, 5.74) is 4.65. The normalized spacial score (nSPS) is 11.9. The van der Waals surface area contributed by atoms with Gasteiger partial charge in [-0.15, -0.1) is 0 Å². The molecule has 4 aromatic rings. The zero-order valence-corrected chi connectivity index (χ0v) is 21.2. The Bertz CT molecular complexity index is 1420. The summed E-state index contributed by atoms with van der Waals surface area (Å²) >= 11 is 4.75. The van der Waals surface area contributed by atoms with E-state index in [0.29, 0.717) is 40.2 Å². The molecular formula is C26H21BrN4O3S. The maximum absolute atomic E-state index is 12.7.